The topological polar surface area (TPSA) is 20.2 Å². The summed E-state index contributed by atoms with van der Waals surface area (Å²) >= 11 is 6.50. The van der Waals surface area contributed by atoms with E-state index in [1.165, 1.54) is 0 Å². The summed E-state index contributed by atoms with van der Waals surface area (Å²) in [5, 5.41) is 0. The van der Waals surface area contributed by atoms with Crippen molar-refractivity contribution in [3.05, 3.63) is 24.3 Å². The van der Waals surface area contributed by atoms with Gasteiger partial charge in [0.1, 0.15) is 0 Å². The van der Waals surface area contributed by atoms with Crippen LogP contribution in [0.4, 0.5) is 0 Å². The van der Waals surface area contributed by atoms with E-state index in [0.29, 0.717) is 0 Å². The van der Waals surface area contributed by atoms with Gasteiger partial charge in [0, 0.05) is 8.15 Å². The molecule has 5 heteroatoms. The molecule has 1 nitrogen and oxygen atoms in total. The van der Waals surface area contributed by atoms with E-state index in [0.717, 1.165) is 6.42 Å². The first-order valence-corrected chi connectivity index (χ1v) is 15.7. The van der Waals surface area contributed by atoms with Crippen molar-refractivity contribution in [2.75, 3.05) is 13.3 Å². The Kier molecular flexibility index (Phi) is 19.9. The van der Waals surface area contributed by atoms with E-state index in [9.17, 15) is 0 Å². The Morgan fingerprint density at radius 2 is 1.92 bits per heavy atom. The first-order chi connectivity index (χ1) is 5.65. The van der Waals surface area contributed by atoms with Gasteiger partial charge in [-0.2, -0.15) is 6.08 Å². The van der Waals surface area contributed by atoms with Crippen molar-refractivity contribution in [1.29, 1.82) is 0 Å². The average molecular weight is 495 g/mol. The molecule has 0 amide bonds. The van der Waals surface area contributed by atoms with Gasteiger partial charge in [0.2, 0.25) is 0 Å². The minimum absolute atomic E-state index is 0.125. The number of hydrogen-bond donors (Lipinski definition) is 1. The molecule has 0 saturated heterocycles. The van der Waals surface area contributed by atoms with Crippen molar-refractivity contribution in [2.45, 2.75) is 6.42 Å². The van der Waals surface area contributed by atoms with Crippen LogP contribution >= 0.6 is 35.1 Å². The van der Waals surface area contributed by atoms with Crippen molar-refractivity contribution in [3.63, 3.8) is 0 Å². The van der Waals surface area contributed by atoms with E-state index in [1.807, 2.05) is 12.2 Å². The Hall–Kier alpha value is 1.48. The first kappa shape index (κ1) is 15.9. The third-order valence-corrected chi connectivity index (χ3v) is 0.586. The minimum Gasteiger partial charge on any atom is -0.273 e. The molecule has 74 valence electrons. The largest absolute Gasteiger partial charge is 0.273 e. The molecule has 0 aromatic rings. The molecular weight excluding hydrogens is 483 g/mol. The molecule has 0 saturated carbocycles. The fourth-order valence-corrected chi connectivity index (χ4v) is 0.340. The molecule has 0 aliphatic heterocycles. The second kappa shape index (κ2) is 15.0. The molecule has 1 aliphatic rings. The quantitative estimate of drug-likeness (QED) is 0.403. The van der Waals surface area contributed by atoms with Gasteiger partial charge >= 0.3 is 40.7 Å². The molecule has 0 aromatic carbocycles. The van der Waals surface area contributed by atoms with E-state index in [2.05, 4.69) is 39.1 Å². The standard InChI is InChI=1S/C5H5.C2H7OP.2BrH.Ir/c1-2-4-5-3-1;1-4(2)3;;;/h1-3H,4H2;3H,1-2H3;2*1H;/q-1;;;;+3/p-2. The smallest absolute Gasteiger partial charge is 0.109 e. The number of hydrogen-bond acceptors (Lipinski definition) is 1. The summed E-state index contributed by atoms with van der Waals surface area (Å²) in [6.45, 7) is 3.57. The molecule has 0 aromatic heterocycles. The monoisotopic (exact) mass is 494 g/mol. The maximum atomic E-state index is 8.12. The SMILES string of the molecule is CP(C)O.[Br][Ir+][Br].[C-]1=CC=CC1. The Labute approximate surface area is 97.1 Å². The number of halogens is 2. The van der Waals surface area contributed by atoms with Crippen molar-refractivity contribution in [2.24, 2.45) is 0 Å². The van der Waals surface area contributed by atoms with Gasteiger partial charge in [-0.3, -0.25) is 6.08 Å². The van der Waals surface area contributed by atoms with Gasteiger partial charge < -0.3 is 4.89 Å². The predicted molar refractivity (Wildman–Crippen MR) is 60.4 cm³/mol. The minimum atomic E-state index is -0.620. The van der Waals surface area contributed by atoms with E-state index >= 15 is 0 Å². The van der Waals surface area contributed by atoms with Crippen molar-refractivity contribution < 1.29 is 18.6 Å². The van der Waals surface area contributed by atoms with Gasteiger partial charge in [0.15, 0.2) is 0 Å². The zero-order valence-electron chi connectivity index (χ0n) is 6.92. The van der Waals surface area contributed by atoms with E-state index in [1.54, 1.807) is 13.3 Å². The Bertz CT molecular complexity index is 116. The van der Waals surface area contributed by atoms with Crippen LogP contribution in [0.25, 0.3) is 0 Å². The molecule has 0 atom stereocenters. The summed E-state index contributed by atoms with van der Waals surface area (Å²) in [5.41, 5.74) is 0. The summed E-state index contributed by atoms with van der Waals surface area (Å²) in [7, 11) is -0.620. The van der Waals surface area contributed by atoms with Crippen molar-refractivity contribution in [1.82, 2.24) is 0 Å². The first-order valence-electron chi connectivity index (χ1n) is 3.06. The molecule has 1 aliphatic carbocycles. The maximum absolute atomic E-state index is 8.12. The van der Waals surface area contributed by atoms with E-state index in [4.69, 9.17) is 4.89 Å². The van der Waals surface area contributed by atoms with Crippen LogP contribution in [0, 0.1) is 6.08 Å². The van der Waals surface area contributed by atoms with Crippen LogP contribution in [0.2, 0.25) is 0 Å². The molecule has 1 rings (SSSR count). The van der Waals surface area contributed by atoms with Crippen molar-refractivity contribution in [3.8, 4) is 0 Å². The zero-order valence-corrected chi connectivity index (χ0v) is 13.4. The van der Waals surface area contributed by atoms with Gasteiger partial charge in [0.05, 0.1) is 0 Å². The van der Waals surface area contributed by atoms with Crippen LogP contribution in [0.5, 0.6) is 0 Å². The zero-order chi connectivity index (χ0) is 9.82. The number of allylic oxidation sites excluding steroid dienone is 4. The molecule has 12 heavy (non-hydrogen) atoms. The average Bonchev–Trinajstić information content (AvgIpc) is 2.40. The molecule has 0 radical (unpaired) electrons. The molecule has 0 unspecified atom stereocenters. The van der Waals surface area contributed by atoms with E-state index in [-0.39, 0.29) is 13.7 Å². The van der Waals surface area contributed by atoms with Crippen molar-refractivity contribution >= 4 is 35.1 Å². The van der Waals surface area contributed by atoms with E-state index < -0.39 is 8.15 Å². The van der Waals surface area contributed by atoms with Crippen LogP contribution in [0.15, 0.2) is 18.2 Å². The molecule has 0 bridgehead atoms. The third kappa shape index (κ3) is 30.0. The third-order valence-electron chi connectivity index (χ3n) is 0.586. The van der Waals surface area contributed by atoms with Gasteiger partial charge in [-0.1, -0.05) is 0 Å². The molecule has 1 N–H and O–H groups in total. The molecule has 0 fully saturated rings. The molecule has 0 heterocycles. The summed E-state index contributed by atoms with van der Waals surface area (Å²) in [6, 6.07) is 0. The maximum Gasteiger partial charge on any atom is -0.109 e. The van der Waals surface area contributed by atoms with Gasteiger partial charge in [-0.15, -0.1) is 6.42 Å². The normalized spacial score (nSPS) is 12.2. The fourth-order valence-electron chi connectivity index (χ4n) is 0.340. The number of rotatable bonds is 0. The Balaban J connectivity index is 0. The van der Waals surface area contributed by atoms with Gasteiger partial charge in [0.25, 0.3) is 0 Å². The van der Waals surface area contributed by atoms with Gasteiger partial charge in [-0.05, 0) is 13.3 Å². The van der Waals surface area contributed by atoms with Crippen LogP contribution in [0.1, 0.15) is 6.42 Å². The van der Waals surface area contributed by atoms with Crippen LogP contribution in [-0.4, -0.2) is 18.2 Å². The summed E-state index contributed by atoms with van der Waals surface area (Å²) in [6.07, 6.45) is 10.0. The van der Waals surface area contributed by atoms with Gasteiger partial charge in [-0.25, -0.2) is 12.2 Å². The summed E-state index contributed by atoms with van der Waals surface area (Å²) in [4.78, 5) is 8.12. The second-order valence-electron chi connectivity index (χ2n) is 1.90. The molecule has 0 spiro atoms. The second-order valence-corrected chi connectivity index (χ2v) is 14.1. The fraction of sp³-hybridized carbons (Fsp3) is 0.429. The Morgan fingerprint density at radius 3 is 2.00 bits per heavy atom. The summed E-state index contributed by atoms with van der Waals surface area (Å²) < 4.78 is 0. The Morgan fingerprint density at radius 1 is 1.50 bits per heavy atom. The van der Waals surface area contributed by atoms with Crippen LogP contribution in [0.3, 0.4) is 0 Å². The molecular formula is C7H12Br2IrOP. The van der Waals surface area contributed by atoms with Crippen LogP contribution < -0.4 is 0 Å². The summed E-state index contributed by atoms with van der Waals surface area (Å²) in [5.74, 6) is 0. The predicted octanol–water partition coefficient (Wildman–Crippen LogP) is 3.63. The van der Waals surface area contributed by atoms with Crippen LogP contribution in [-0.2, 0) is 13.7 Å².